The molecule has 1 N–H and O–H groups in total. The molecule has 3 rings (SSSR count). The SMILES string of the molecule is CCCNC(=O)[C@H](CC)N(Cc1ccc(Cl)cc1)C(=O)CN(c1ccc(OC)cc1)S(=O)(=O)c1ccc(C)c([N+](=O)[O-])c1. The van der Waals surface area contributed by atoms with Crippen LogP contribution in [-0.2, 0) is 26.2 Å². The van der Waals surface area contributed by atoms with Gasteiger partial charge in [0.05, 0.1) is 22.6 Å². The normalized spacial score (nSPS) is 11.8. The zero-order valence-corrected chi connectivity index (χ0v) is 26.0. The van der Waals surface area contributed by atoms with E-state index in [1.807, 2.05) is 6.92 Å². The fourth-order valence-corrected chi connectivity index (χ4v) is 5.98. The third kappa shape index (κ3) is 8.23. The van der Waals surface area contributed by atoms with Crippen molar-refractivity contribution in [3.8, 4) is 5.75 Å². The molecule has 43 heavy (non-hydrogen) atoms. The number of benzene rings is 3. The first-order valence-electron chi connectivity index (χ1n) is 13.7. The highest BCUT2D eigenvalue weighted by atomic mass is 35.5. The third-order valence-corrected chi connectivity index (χ3v) is 8.83. The lowest BCUT2D eigenvalue weighted by Crippen LogP contribution is -2.52. The number of nitro groups is 1. The molecule has 0 spiro atoms. The fourth-order valence-electron chi connectivity index (χ4n) is 4.42. The zero-order valence-electron chi connectivity index (χ0n) is 24.4. The van der Waals surface area contributed by atoms with Gasteiger partial charge in [-0.3, -0.25) is 24.0 Å². The summed E-state index contributed by atoms with van der Waals surface area (Å²) in [4.78, 5) is 39.2. The molecule has 0 unspecified atom stereocenters. The van der Waals surface area contributed by atoms with Gasteiger partial charge in [-0.2, -0.15) is 0 Å². The first-order chi connectivity index (χ1) is 20.4. The molecule has 0 aromatic heterocycles. The molecule has 0 fully saturated rings. The molecule has 0 aliphatic carbocycles. The molecule has 0 heterocycles. The van der Waals surface area contributed by atoms with Crippen LogP contribution in [0.4, 0.5) is 11.4 Å². The van der Waals surface area contributed by atoms with Crippen LogP contribution in [0.5, 0.6) is 5.75 Å². The van der Waals surface area contributed by atoms with Crippen LogP contribution in [0.1, 0.15) is 37.8 Å². The predicted molar refractivity (Wildman–Crippen MR) is 165 cm³/mol. The summed E-state index contributed by atoms with van der Waals surface area (Å²) >= 11 is 6.05. The van der Waals surface area contributed by atoms with Gasteiger partial charge in [0, 0.05) is 29.7 Å². The van der Waals surface area contributed by atoms with Crippen LogP contribution in [0.15, 0.2) is 71.6 Å². The van der Waals surface area contributed by atoms with Gasteiger partial charge in [0.15, 0.2) is 0 Å². The maximum Gasteiger partial charge on any atom is 0.273 e. The van der Waals surface area contributed by atoms with Crippen molar-refractivity contribution >= 4 is 44.8 Å². The average molecular weight is 631 g/mol. The van der Waals surface area contributed by atoms with Crippen molar-refractivity contribution in [1.29, 1.82) is 0 Å². The predicted octanol–water partition coefficient (Wildman–Crippen LogP) is 5.09. The Kier molecular flexibility index (Phi) is 11.5. The number of nitrogens with one attached hydrogen (secondary N) is 1. The largest absolute Gasteiger partial charge is 0.497 e. The van der Waals surface area contributed by atoms with E-state index in [9.17, 15) is 28.1 Å². The molecule has 3 aromatic carbocycles. The summed E-state index contributed by atoms with van der Waals surface area (Å²) in [5, 5.41) is 14.9. The Labute approximate surface area is 256 Å². The van der Waals surface area contributed by atoms with Crippen LogP contribution in [0.2, 0.25) is 5.02 Å². The molecule has 11 nitrogen and oxygen atoms in total. The van der Waals surface area contributed by atoms with Crippen molar-refractivity contribution in [2.24, 2.45) is 0 Å². The van der Waals surface area contributed by atoms with Crippen molar-refractivity contribution in [2.75, 3.05) is 24.5 Å². The summed E-state index contributed by atoms with van der Waals surface area (Å²) in [5.41, 5.74) is 0.735. The van der Waals surface area contributed by atoms with Crippen LogP contribution in [0.25, 0.3) is 0 Å². The van der Waals surface area contributed by atoms with Crippen LogP contribution in [-0.4, -0.2) is 56.3 Å². The second kappa shape index (κ2) is 14.8. The highest BCUT2D eigenvalue weighted by Gasteiger charge is 2.34. The molecule has 0 saturated heterocycles. The number of nitro benzene ring substituents is 1. The van der Waals surface area contributed by atoms with Gasteiger partial charge in [-0.1, -0.05) is 43.6 Å². The molecule has 0 saturated carbocycles. The van der Waals surface area contributed by atoms with E-state index < -0.39 is 33.4 Å². The van der Waals surface area contributed by atoms with Gasteiger partial charge in [-0.25, -0.2) is 8.42 Å². The van der Waals surface area contributed by atoms with E-state index in [-0.39, 0.29) is 40.7 Å². The Morgan fingerprint density at radius 2 is 1.70 bits per heavy atom. The molecule has 2 amide bonds. The standard InChI is InChI=1S/C30H35ClN4O7S/c1-5-17-32-30(37)27(6-2)33(19-22-8-10-23(31)11-9-22)29(36)20-34(24-12-14-25(42-4)15-13-24)43(40,41)26-16-7-21(3)28(18-26)35(38)39/h7-16,18,27H,5-6,17,19-20H2,1-4H3,(H,32,37)/t27-/m0/s1. The number of carbonyl (C=O) groups excluding carboxylic acids is 2. The number of hydrogen-bond acceptors (Lipinski definition) is 7. The monoisotopic (exact) mass is 630 g/mol. The number of sulfonamides is 1. The molecule has 3 aromatic rings. The van der Waals surface area contributed by atoms with E-state index >= 15 is 0 Å². The Balaban J connectivity index is 2.11. The topological polar surface area (TPSA) is 139 Å². The lowest BCUT2D eigenvalue weighted by molar-refractivity contribution is -0.385. The van der Waals surface area contributed by atoms with E-state index in [0.717, 1.165) is 10.4 Å². The average Bonchev–Trinajstić information content (AvgIpc) is 2.99. The van der Waals surface area contributed by atoms with Crippen LogP contribution in [0.3, 0.4) is 0 Å². The first-order valence-corrected chi connectivity index (χ1v) is 15.5. The highest BCUT2D eigenvalue weighted by molar-refractivity contribution is 7.92. The maximum absolute atomic E-state index is 14.1. The molecule has 0 radical (unpaired) electrons. The van der Waals surface area contributed by atoms with E-state index in [4.69, 9.17) is 16.3 Å². The number of ether oxygens (including phenoxy) is 1. The van der Waals surface area contributed by atoms with Crippen molar-refractivity contribution in [3.63, 3.8) is 0 Å². The van der Waals surface area contributed by atoms with Gasteiger partial charge in [0.2, 0.25) is 11.8 Å². The molecule has 0 bridgehead atoms. The molecule has 13 heteroatoms. The summed E-state index contributed by atoms with van der Waals surface area (Å²) in [5.74, 6) is -0.546. The van der Waals surface area contributed by atoms with E-state index in [0.29, 0.717) is 29.3 Å². The number of aryl methyl sites for hydroxylation is 1. The summed E-state index contributed by atoms with van der Waals surface area (Å²) < 4.78 is 34.2. The number of rotatable bonds is 14. The number of hydrogen-bond donors (Lipinski definition) is 1. The number of amides is 2. The second-order valence-corrected chi connectivity index (χ2v) is 12.1. The first kappa shape index (κ1) is 33.3. The molecule has 230 valence electrons. The number of carbonyl (C=O) groups is 2. The molecular formula is C30H35ClN4O7S. The molecule has 0 aliphatic heterocycles. The summed E-state index contributed by atoms with van der Waals surface area (Å²) in [6.45, 7) is 4.92. The lowest BCUT2D eigenvalue weighted by atomic mass is 10.1. The Bertz CT molecular complexity index is 1550. The Morgan fingerprint density at radius 1 is 1.05 bits per heavy atom. The Hall–Kier alpha value is -4.16. The van der Waals surface area contributed by atoms with Crippen LogP contribution < -0.4 is 14.4 Å². The number of methoxy groups -OCH3 is 1. The summed E-state index contributed by atoms with van der Waals surface area (Å²) in [7, 11) is -3.04. The quantitative estimate of drug-likeness (QED) is 0.193. The number of nitrogens with zero attached hydrogens (tertiary/aromatic N) is 3. The highest BCUT2D eigenvalue weighted by Crippen LogP contribution is 2.29. The summed E-state index contributed by atoms with van der Waals surface area (Å²) in [6.07, 6.45) is 0.966. The van der Waals surface area contributed by atoms with E-state index in [1.165, 1.54) is 43.2 Å². The minimum atomic E-state index is -4.50. The van der Waals surface area contributed by atoms with Gasteiger partial charge in [0.25, 0.3) is 15.7 Å². The van der Waals surface area contributed by atoms with E-state index in [2.05, 4.69) is 5.32 Å². The fraction of sp³-hybridized carbons (Fsp3) is 0.333. The second-order valence-electron chi connectivity index (χ2n) is 9.78. The number of halogens is 1. The number of anilines is 1. The van der Waals surface area contributed by atoms with Crippen molar-refractivity contribution in [3.05, 3.63) is 93.0 Å². The van der Waals surface area contributed by atoms with Crippen LogP contribution in [0, 0.1) is 17.0 Å². The van der Waals surface area contributed by atoms with Gasteiger partial charge in [-0.05, 0) is 67.8 Å². The maximum atomic E-state index is 14.1. The van der Waals surface area contributed by atoms with Gasteiger partial charge < -0.3 is 15.0 Å². The summed E-state index contributed by atoms with van der Waals surface area (Å²) in [6, 6.07) is 15.5. The van der Waals surface area contributed by atoms with Crippen molar-refractivity contribution in [1.82, 2.24) is 10.2 Å². The van der Waals surface area contributed by atoms with Gasteiger partial charge >= 0.3 is 0 Å². The minimum Gasteiger partial charge on any atom is -0.497 e. The van der Waals surface area contributed by atoms with E-state index in [1.54, 1.807) is 43.3 Å². The smallest absolute Gasteiger partial charge is 0.273 e. The Morgan fingerprint density at radius 3 is 2.26 bits per heavy atom. The van der Waals surface area contributed by atoms with Crippen molar-refractivity contribution < 1.29 is 27.7 Å². The molecular weight excluding hydrogens is 596 g/mol. The molecule has 1 atom stereocenters. The zero-order chi connectivity index (χ0) is 31.7. The van der Waals surface area contributed by atoms with Gasteiger partial charge in [-0.15, -0.1) is 0 Å². The third-order valence-electron chi connectivity index (χ3n) is 6.81. The lowest BCUT2D eigenvalue weighted by Gasteiger charge is -2.33. The van der Waals surface area contributed by atoms with Crippen molar-refractivity contribution in [2.45, 2.75) is 51.1 Å². The molecule has 0 aliphatic rings. The minimum absolute atomic E-state index is 0.0144. The van der Waals surface area contributed by atoms with Crippen LogP contribution >= 0.6 is 11.6 Å². The van der Waals surface area contributed by atoms with Gasteiger partial charge in [0.1, 0.15) is 18.3 Å².